The summed E-state index contributed by atoms with van der Waals surface area (Å²) in [4.78, 5) is 0. The van der Waals surface area contributed by atoms with E-state index in [0.29, 0.717) is 0 Å². The van der Waals surface area contributed by atoms with E-state index in [4.69, 9.17) is 8.85 Å². The van der Waals surface area contributed by atoms with Gasteiger partial charge in [0.15, 0.2) is 0 Å². The van der Waals surface area contributed by atoms with Crippen molar-refractivity contribution in [1.82, 2.24) is 0 Å². The summed E-state index contributed by atoms with van der Waals surface area (Å²) in [6.45, 7) is 16.5. The Morgan fingerprint density at radius 3 is 1.74 bits per heavy atom. The maximum atomic E-state index is 5.88. The molecule has 3 heteroatoms. The minimum atomic E-state index is -2.00. The van der Waals surface area contributed by atoms with Gasteiger partial charge in [-0.25, -0.2) is 0 Å². The standard InChI is InChI=1S/C20H38O2Si/c1-8-21-23(7,22-9-2)17-16-20(6)15-11-14-19(5)13-10-12-18(3)4/h12,14,16H,8-11,13,15,17H2,1-7H3/b19-14+,20-16+. The molecule has 0 aliphatic carbocycles. The minimum Gasteiger partial charge on any atom is -0.394 e. The average Bonchev–Trinajstić information content (AvgIpc) is 2.45. The summed E-state index contributed by atoms with van der Waals surface area (Å²) < 4.78 is 11.8. The summed E-state index contributed by atoms with van der Waals surface area (Å²) in [5, 5.41) is 0. The zero-order valence-corrected chi connectivity index (χ0v) is 17.5. The summed E-state index contributed by atoms with van der Waals surface area (Å²) in [7, 11) is -2.00. The van der Waals surface area contributed by atoms with E-state index in [-0.39, 0.29) is 0 Å². The third kappa shape index (κ3) is 12.4. The first kappa shape index (κ1) is 22.4. The van der Waals surface area contributed by atoms with Gasteiger partial charge in [0.25, 0.3) is 0 Å². The molecule has 0 aromatic heterocycles. The molecule has 0 aliphatic rings. The first-order valence-electron chi connectivity index (χ1n) is 9.05. The Bertz CT molecular complexity index is 398. The topological polar surface area (TPSA) is 18.5 Å². The van der Waals surface area contributed by atoms with E-state index in [1.807, 2.05) is 13.8 Å². The maximum Gasteiger partial charge on any atom is 0.338 e. The Morgan fingerprint density at radius 2 is 1.26 bits per heavy atom. The van der Waals surface area contributed by atoms with Gasteiger partial charge in [0.1, 0.15) is 0 Å². The molecule has 0 saturated carbocycles. The number of hydrogen-bond acceptors (Lipinski definition) is 2. The van der Waals surface area contributed by atoms with Gasteiger partial charge in [-0.15, -0.1) is 0 Å². The summed E-state index contributed by atoms with van der Waals surface area (Å²) >= 11 is 0. The summed E-state index contributed by atoms with van der Waals surface area (Å²) in [5.74, 6) is 0. The van der Waals surface area contributed by atoms with Crippen molar-refractivity contribution in [2.45, 2.75) is 79.8 Å². The molecule has 0 fully saturated rings. The fourth-order valence-corrected chi connectivity index (χ4v) is 4.73. The molecule has 0 atom stereocenters. The van der Waals surface area contributed by atoms with Crippen molar-refractivity contribution in [2.75, 3.05) is 13.2 Å². The van der Waals surface area contributed by atoms with Crippen LogP contribution in [0.5, 0.6) is 0 Å². The van der Waals surface area contributed by atoms with Crippen molar-refractivity contribution < 1.29 is 8.85 Å². The molecule has 0 aliphatic heterocycles. The van der Waals surface area contributed by atoms with Crippen molar-refractivity contribution in [3.63, 3.8) is 0 Å². The molecule has 0 amide bonds. The zero-order chi connectivity index (χ0) is 17.7. The molecule has 0 aromatic carbocycles. The van der Waals surface area contributed by atoms with E-state index in [1.165, 1.54) is 23.1 Å². The molecular weight excluding hydrogens is 300 g/mol. The van der Waals surface area contributed by atoms with Gasteiger partial charge in [-0.3, -0.25) is 0 Å². The molecule has 23 heavy (non-hydrogen) atoms. The molecule has 2 nitrogen and oxygen atoms in total. The van der Waals surface area contributed by atoms with E-state index in [2.05, 4.69) is 52.5 Å². The highest BCUT2D eigenvalue weighted by Gasteiger charge is 2.29. The second-order valence-electron chi connectivity index (χ2n) is 6.66. The molecule has 0 N–H and O–H groups in total. The monoisotopic (exact) mass is 338 g/mol. The maximum absolute atomic E-state index is 5.88. The van der Waals surface area contributed by atoms with Gasteiger partial charge in [-0.05, 0) is 73.8 Å². The van der Waals surface area contributed by atoms with Gasteiger partial charge in [0, 0.05) is 19.3 Å². The van der Waals surface area contributed by atoms with Crippen LogP contribution in [-0.2, 0) is 8.85 Å². The van der Waals surface area contributed by atoms with Crippen LogP contribution in [0.3, 0.4) is 0 Å². The molecule has 0 spiro atoms. The lowest BCUT2D eigenvalue weighted by Gasteiger charge is -2.24. The smallest absolute Gasteiger partial charge is 0.338 e. The first-order valence-corrected chi connectivity index (χ1v) is 11.6. The molecule has 0 rings (SSSR count). The molecule has 0 saturated heterocycles. The Balaban J connectivity index is 4.26. The highest BCUT2D eigenvalue weighted by atomic mass is 28.4. The Hall–Kier alpha value is -0.643. The van der Waals surface area contributed by atoms with E-state index < -0.39 is 8.56 Å². The van der Waals surface area contributed by atoms with Crippen LogP contribution >= 0.6 is 0 Å². The van der Waals surface area contributed by atoms with Crippen LogP contribution < -0.4 is 0 Å². The predicted octanol–water partition coefficient (Wildman–Crippen LogP) is 6.55. The van der Waals surface area contributed by atoms with Crippen LogP contribution in [0.15, 0.2) is 34.9 Å². The SMILES string of the molecule is CCO[Si](C)(C/C=C(\C)CC/C=C(\C)CCC=C(C)C)OCC. The third-order valence-electron chi connectivity index (χ3n) is 3.84. The molecule has 0 unspecified atom stereocenters. The number of rotatable bonds is 12. The van der Waals surface area contributed by atoms with Crippen LogP contribution in [0.25, 0.3) is 0 Å². The van der Waals surface area contributed by atoms with Crippen LogP contribution in [0.2, 0.25) is 12.6 Å². The van der Waals surface area contributed by atoms with Crippen LogP contribution in [-0.4, -0.2) is 21.8 Å². The normalized spacial score (nSPS) is 13.3. The van der Waals surface area contributed by atoms with Crippen molar-refractivity contribution in [1.29, 1.82) is 0 Å². The first-order chi connectivity index (χ1) is 10.8. The quantitative estimate of drug-likeness (QED) is 0.297. The Labute approximate surface area is 145 Å². The second-order valence-corrected chi connectivity index (χ2v) is 9.92. The molecule has 0 bridgehead atoms. The van der Waals surface area contributed by atoms with Gasteiger partial charge >= 0.3 is 8.56 Å². The van der Waals surface area contributed by atoms with Crippen molar-refractivity contribution in [3.05, 3.63) is 34.9 Å². The van der Waals surface area contributed by atoms with Gasteiger partial charge in [0.05, 0.1) is 0 Å². The third-order valence-corrected chi connectivity index (χ3v) is 6.59. The largest absolute Gasteiger partial charge is 0.394 e. The molecule has 134 valence electrons. The lowest BCUT2D eigenvalue weighted by molar-refractivity contribution is 0.192. The molecular formula is C20H38O2Si. The van der Waals surface area contributed by atoms with Crippen LogP contribution in [0.1, 0.15) is 67.2 Å². The van der Waals surface area contributed by atoms with Crippen LogP contribution in [0.4, 0.5) is 0 Å². The summed E-state index contributed by atoms with van der Waals surface area (Å²) in [6.07, 6.45) is 11.6. The lowest BCUT2D eigenvalue weighted by Crippen LogP contribution is -2.38. The van der Waals surface area contributed by atoms with E-state index in [0.717, 1.165) is 38.5 Å². The molecule has 0 aromatic rings. The molecule has 0 heterocycles. The van der Waals surface area contributed by atoms with Gasteiger partial charge in [-0.1, -0.05) is 34.9 Å². The minimum absolute atomic E-state index is 0.739. The highest BCUT2D eigenvalue weighted by Crippen LogP contribution is 2.18. The summed E-state index contributed by atoms with van der Waals surface area (Å²) in [6, 6.07) is 0.948. The number of hydrogen-bond donors (Lipinski definition) is 0. The number of allylic oxidation sites excluding steroid dienone is 6. The predicted molar refractivity (Wildman–Crippen MR) is 105 cm³/mol. The Morgan fingerprint density at radius 1 is 0.783 bits per heavy atom. The lowest BCUT2D eigenvalue weighted by atomic mass is 10.1. The van der Waals surface area contributed by atoms with E-state index in [9.17, 15) is 0 Å². The average molecular weight is 339 g/mol. The fraction of sp³-hybridized carbons (Fsp3) is 0.700. The zero-order valence-electron chi connectivity index (χ0n) is 16.5. The second kappa shape index (κ2) is 12.7. The van der Waals surface area contributed by atoms with Gasteiger partial charge in [-0.2, -0.15) is 0 Å². The molecule has 0 radical (unpaired) electrons. The highest BCUT2D eigenvalue weighted by molar-refractivity contribution is 6.66. The van der Waals surface area contributed by atoms with Crippen molar-refractivity contribution in [2.24, 2.45) is 0 Å². The van der Waals surface area contributed by atoms with Crippen molar-refractivity contribution >= 4 is 8.56 Å². The van der Waals surface area contributed by atoms with E-state index in [1.54, 1.807) is 0 Å². The van der Waals surface area contributed by atoms with Crippen molar-refractivity contribution in [3.8, 4) is 0 Å². The Kier molecular flexibility index (Phi) is 12.4. The van der Waals surface area contributed by atoms with Crippen LogP contribution in [0, 0.1) is 0 Å². The fourth-order valence-electron chi connectivity index (χ4n) is 2.47. The van der Waals surface area contributed by atoms with Gasteiger partial charge < -0.3 is 8.85 Å². The van der Waals surface area contributed by atoms with E-state index >= 15 is 0 Å². The van der Waals surface area contributed by atoms with Gasteiger partial charge in [0.2, 0.25) is 0 Å². The summed E-state index contributed by atoms with van der Waals surface area (Å²) in [5.41, 5.74) is 4.35.